The van der Waals surface area contributed by atoms with E-state index in [0.717, 1.165) is 31.7 Å². The third-order valence-corrected chi connectivity index (χ3v) is 4.19. The smallest absolute Gasteiger partial charge is 0.419 e. The maximum Gasteiger partial charge on any atom is 0.419 e. The number of aliphatic imine (C=N–C) groups is 1. The van der Waals surface area contributed by atoms with E-state index in [2.05, 4.69) is 15.6 Å². The van der Waals surface area contributed by atoms with E-state index in [9.17, 15) is 18.3 Å². The lowest BCUT2D eigenvalue weighted by Gasteiger charge is -2.27. The molecule has 0 heterocycles. The molecule has 0 aliphatic heterocycles. The molecule has 0 bridgehead atoms. The van der Waals surface area contributed by atoms with Crippen LogP contribution in [0.4, 0.5) is 13.2 Å². The molecule has 1 aromatic carbocycles. The monoisotopic (exact) mass is 373 g/mol. The minimum absolute atomic E-state index is 0.0487. The van der Waals surface area contributed by atoms with Gasteiger partial charge >= 0.3 is 6.18 Å². The molecule has 3 N–H and O–H groups in total. The zero-order valence-corrected chi connectivity index (χ0v) is 14.9. The Labute approximate surface area is 151 Å². The van der Waals surface area contributed by atoms with Gasteiger partial charge in [0.25, 0.3) is 0 Å². The first-order chi connectivity index (χ1) is 12.4. The topological polar surface area (TPSA) is 65.9 Å². The zero-order chi connectivity index (χ0) is 19.0. The summed E-state index contributed by atoms with van der Waals surface area (Å²) in [6, 6.07) is 5.40. The second kappa shape index (κ2) is 9.66. The molecule has 146 valence electrons. The Morgan fingerprint density at radius 1 is 1.23 bits per heavy atom. The van der Waals surface area contributed by atoms with Gasteiger partial charge in [0.1, 0.15) is 12.4 Å². The van der Waals surface area contributed by atoms with Crippen LogP contribution in [0.2, 0.25) is 0 Å². The second-order valence-corrected chi connectivity index (χ2v) is 6.25. The fourth-order valence-electron chi connectivity index (χ4n) is 2.87. The van der Waals surface area contributed by atoms with Gasteiger partial charge in [-0.1, -0.05) is 12.1 Å². The van der Waals surface area contributed by atoms with Crippen LogP contribution in [0.1, 0.15) is 38.2 Å². The van der Waals surface area contributed by atoms with Crippen molar-refractivity contribution in [3.63, 3.8) is 0 Å². The Morgan fingerprint density at radius 2 is 1.92 bits per heavy atom. The Hall–Kier alpha value is -1.96. The van der Waals surface area contributed by atoms with Crippen molar-refractivity contribution >= 4 is 5.96 Å². The van der Waals surface area contributed by atoms with Crippen LogP contribution < -0.4 is 15.4 Å². The van der Waals surface area contributed by atoms with Crippen LogP contribution >= 0.6 is 0 Å². The van der Waals surface area contributed by atoms with E-state index < -0.39 is 11.7 Å². The van der Waals surface area contributed by atoms with Crippen LogP contribution in [0, 0.1) is 0 Å². The Balaban J connectivity index is 1.87. The summed E-state index contributed by atoms with van der Waals surface area (Å²) in [5, 5.41) is 16.0. The van der Waals surface area contributed by atoms with Crippen molar-refractivity contribution in [1.82, 2.24) is 10.6 Å². The molecule has 1 aliphatic carbocycles. The highest BCUT2D eigenvalue weighted by Crippen LogP contribution is 2.35. The van der Waals surface area contributed by atoms with Gasteiger partial charge in [0.2, 0.25) is 0 Å². The van der Waals surface area contributed by atoms with Gasteiger partial charge in [-0.15, -0.1) is 0 Å². The quantitative estimate of drug-likeness (QED) is 0.408. The van der Waals surface area contributed by atoms with Crippen molar-refractivity contribution in [2.45, 2.75) is 50.9 Å². The molecule has 0 unspecified atom stereocenters. The summed E-state index contributed by atoms with van der Waals surface area (Å²) in [5.74, 6) is 0.427. The SMILES string of the molecule is CCNC(=NCCOc1ccccc1C(F)(F)F)NC1CCC(O)CC1. The van der Waals surface area contributed by atoms with Crippen LogP contribution in [0.3, 0.4) is 0 Å². The van der Waals surface area contributed by atoms with Crippen molar-refractivity contribution in [2.75, 3.05) is 19.7 Å². The average molecular weight is 373 g/mol. The molecule has 1 saturated carbocycles. The van der Waals surface area contributed by atoms with Crippen molar-refractivity contribution in [2.24, 2.45) is 4.99 Å². The Kier molecular flexibility index (Phi) is 7.56. The van der Waals surface area contributed by atoms with Gasteiger partial charge in [-0.25, -0.2) is 4.99 Å². The van der Waals surface area contributed by atoms with Crippen LogP contribution in [0.25, 0.3) is 0 Å². The molecule has 1 aromatic rings. The van der Waals surface area contributed by atoms with Crippen LogP contribution in [-0.4, -0.2) is 42.9 Å². The maximum absolute atomic E-state index is 12.9. The number of halogens is 3. The first kappa shape index (κ1) is 20.4. The van der Waals surface area contributed by atoms with Gasteiger partial charge in [-0.2, -0.15) is 13.2 Å². The fraction of sp³-hybridized carbons (Fsp3) is 0.611. The van der Waals surface area contributed by atoms with E-state index in [0.29, 0.717) is 12.5 Å². The normalized spacial score (nSPS) is 21.3. The van der Waals surface area contributed by atoms with Crippen molar-refractivity contribution < 1.29 is 23.0 Å². The summed E-state index contributed by atoms with van der Waals surface area (Å²) in [6.45, 7) is 2.90. The number of aliphatic hydroxyl groups excluding tert-OH is 1. The van der Waals surface area contributed by atoms with Gasteiger partial charge in [-0.3, -0.25) is 0 Å². The summed E-state index contributed by atoms with van der Waals surface area (Å²) < 4.78 is 44.1. The van der Waals surface area contributed by atoms with Gasteiger partial charge in [0, 0.05) is 12.6 Å². The average Bonchev–Trinajstić information content (AvgIpc) is 2.60. The Morgan fingerprint density at radius 3 is 2.58 bits per heavy atom. The summed E-state index contributed by atoms with van der Waals surface area (Å²) in [7, 11) is 0. The third-order valence-electron chi connectivity index (χ3n) is 4.19. The molecule has 1 aliphatic rings. The van der Waals surface area contributed by atoms with Gasteiger partial charge in [-0.05, 0) is 44.7 Å². The molecule has 8 heteroatoms. The first-order valence-corrected chi connectivity index (χ1v) is 8.92. The molecule has 0 atom stereocenters. The minimum Gasteiger partial charge on any atom is -0.491 e. The number of hydrogen-bond acceptors (Lipinski definition) is 3. The standard InChI is InChI=1S/C18H26F3N3O2/c1-2-22-17(24-13-7-9-14(25)10-8-13)23-11-12-26-16-6-4-3-5-15(16)18(19,20)21/h3-6,13-14,25H,2,7-12H2,1H3,(H2,22,23,24). The molecule has 5 nitrogen and oxygen atoms in total. The van der Waals surface area contributed by atoms with Crippen LogP contribution in [0.5, 0.6) is 5.75 Å². The van der Waals surface area contributed by atoms with E-state index in [4.69, 9.17) is 4.74 Å². The molecule has 0 amide bonds. The summed E-state index contributed by atoms with van der Waals surface area (Å²) in [5.41, 5.74) is -0.783. The third kappa shape index (κ3) is 6.40. The minimum atomic E-state index is -4.44. The number of alkyl halides is 3. The lowest BCUT2D eigenvalue weighted by Crippen LogP contribution is -2.45. The predicted octanol–water partition coefficient (Wildman–Crippen LogP) is 2.94. The van der Waals surface area contributed by atoms with E-state index in [-0.39, 0.29) is 31.0 Å². The van der Waals surface area contributed by atoms with E-state index in [1.54, 1.807) is 0 Å². The van der Waals surface area contributed by atoms with E-state index in [1.165, 1.54) is 18.2 Å². The summed E-state index contributed by atoms with van der Waals surface area (Å²) >= 11 is 0. The number of para-hydroxylation sites is 1. The molecule has 0 saturated heterocycles. The highest BCUT2D eigenvalue weighted by molar-refractivity contribution is 5.80. The lowest BCUT2D eigenvalue weighted by atomic mass is 9.93. The largest absolute Gasteiger partial charge is 0.491 e. The maximum atomic E-state index is 12.9. The fourth-order valence-corrected chi connectivity index (χ4v) is 2.87. The van der Waals surface area contributed by atoms with E-state index in [1.807, 2.05) is 6.92 Å². The zero-order valence-electron chi connectivity index (χ0n) is 14.9. The number of hydrogen-bond donors (Lipinski definition) is 3. The number of nitrogens with one attached hydrogen (secondary N) is 2. The predicted molar refractivity (Wildman–Crippen MR) is 94.3 cm³/mol. The molecule has 2 rings (SSSR count). The molecule has 0 radical (unpaired) electrons. The molecular weight excluding hydrogens is 347 g/mol. The highest BCUT2D eigenvalue weighted by atomic mass is 19.4. The molecule has 1 fully saturated rings. The number of benzene rings is 1. The molecule has 0 aromatic heterocycles. The molecular formula is C18H26F3N3O2. The summed E-state index contributed by atoms with van der Waals surface area (Å²) in [6.07, 6.45) is -1.43. The van der Waals surface area contributed by atoms with Gasteiger partial charge < -0.3 is 20.5 Å². The van der Waals surface area contributed by atoms with Crippen molar-refractivity contribution in [3.05, 3.63) is 29.8 Å². The van der Waals surface area contributed by atoms with Crippen molar-refractivity contribution in [3.8, 4) is 5.75 Å². The second-order valence-electron chi connectivity index (χ2n) is 6.25. The molecule has 26 heavy (non-hydrogen) atoms. The van der Waals surface area contributed by atoms with Crippen molar-refractivity contribution in [1.29, 1.82) is 0 Å². The Bertz CT molecular complexity index is 585. The first-order valence-electron chi connectivity index (χ1n) is 8.92. The highest BCUT2D eigenvalue weighted by Gasteiger charge is 2.33. The number of guanidine groups is 1. The molecule has 0 spiro atoms. The number of rotatable bonds is 6. The van der Waals surface area contributed by atoms with Crippen LogP contribution in [0.15, 0.2) is 29.3 Å². The van der Waals surface area contributed by atoms with Crippen LogP contribution in [-0.2, 0) is 6.18 Å². The van der Waals surface area contributed by atoms with Gasteiger partial charge in [0.15, 0.2) is 5.96 Å². The van der Waals surface area contributed by atoms with Gasteiger partial charge in [0.05, 0.1) is 18.2 Å². The number of nitrogens with zero attached hydrogens (tertiary/aromatic N) is 1. The number of ether oxygens (including phenoxy) is 1. The lowest BCUT2D eigenvalue weighted by molar-refractivity contribution is -0.138. The number of aliphatic hydroxyl groups is 1. The summed E-state index contributed by atoms with van der Waals surface area (Å²) in [4.78, 5) is 4.36. The van der Waals surface area contributed by atoms with E-state index >= 15 is 0 Å².